The zero-order valence-corrected chi connectivity index (χ0v) is 6.33. The van der Waals surface area contributed by atoms with Gasteiger partial charge in [-0.05, 0) is 6.42 Å². The smallest absolute Gasteiger partial charge is 0.308 e. The molecule has 0 saturated carbocycles. The molecule has 1 aliphatic heterocycles. The maximum Gasteiger partial charge on any atom is 0.308 e. The fourth-order valence-corrected chi connectivity index (χ4v) is 0.889. The molecule has 0 aromatic rings. The molecular weight excluding hydrogens is 148 g/mol. The van der Waals surface area contributed by atoms with E-state index >= 15 is 0 Å². The van der Waals surface area contributed by atoms with Gasteiger partial charge in [-0.3, -0.25) is 9.59 Å². The Morgan fingerprint density at radius 2 is 1.64 bits per heavy atom. The van der Waals surface area contributed by atoms with E-state index in [4.69, 9.17) is 0 Å². The number of rotatable bonds is 0. The predicted molar refractivity (Wildman–Crippen MR) is 35.5 cm³/mol. The number of carbonyl (C=O) groups is 2. The van der Waals surface area contributed by atoms with Gasteiger partial charge in [-0.15, -0.1) is 0 Å². The average molecular weight is 158 g/mol. The lowest BCUT2D eigenvalue weighted by Gasteiger charge is -2.16. The van der Waals surface area contributed by atoms with Gasteiger partial charge in [0, 0.05) is 19.8 Å². The largest absolute Gasteiger partial charge is 0.425 e. The minimum atomic E-state index is -0.727. The third-order valence-corrected chi connectivity index (χ3v) is 1.36. The van der Waals surface area contributed by atoms with Gasteiger partial charge in [0.05, 0.1) is 0 Å². The molecule has 0 aromatic heterocycles. The van der Waals surface area contributed by atoms with Crippen LogP contribution in [0.15, 0.2) is 0 Å². The Hall–Kier alpha value is -1.06. The number of cyclic esters (lactones) is 2. The Bertz CT molecular complexity index is 157. The molecule has 0 bridgehead atoms. The molecule has 0 aromatic carbocycles. The van der Waals surface area contributed by atoms with Crippen molar-refractivity contribution in [1.29, 1.82) is 0 Å². The van der Waals surface area contributed by atoms with Gasteiger partial charge in [-0.2, -0.15) is 0 Å². The maximum atomic E-state index is 10.7. The van der Waals surface area contributed by atoms with Gasteiger partial charge in [-0.1, -0.05) is 0 Å². The molecule has 0 spiro atoms. The van der Waals surface area contributed by atoms with Gasteiger partial charge in [0.15, 0.2) is 0 Å². The van der Waals surface area contributed by atoms with E-state index in [1.54, 1.807) is 0 Å². The van der Waals surface area contributed by atoms with Crippen molar-refractivity contribution < 1.29 is 19.1 Å². The molecule has 1 saturated heterocycles. The summed E-state index contributed by atoms with van der Waals surface area (Å²) in [6, 6.07) is 0. The summed E-state index contributed by atoms with van der Waals surface area (Å²) >= 11 is 0. The van der Waals surface area contributed by atoms with Crippen LogP contribution in [0, 0.1) is 0 Å². The minimum absolute atomic E-state index is 0.301. The van der Waals surface area contributed by atoms with Gasteiger partial charge >= 0.3 is 11.9 Å². The van der Waals surface area contributed by atoms with Gasteiger partial charge in [0.25, 0.3) is 0 Å². The summed E-state index contributed by atoms with van der Waals surface area (Å²) in [5, 5.41) is 0. The van der Waals surface area contributed by atoms with E-state index in [0.29, 0.717) is 19.3 Å². The molecule has 11 heavy (non-hydrogen) atoms. The summed E-state index contributed by atoms with van der Waals surface area (Å²) in [7, 11) is 0. The van der Waals surface area contributed by atoms with Crippen LogP contribution >= 0.6 is 0 Å². The van der Waals surface area contributed by atoms with Crippen molar-refractivity contribution in [3.8, 4) is 0 Å². The van der Waals surface area contributed by atoms with Gasteiger partial charge in [0.1, 0.15) is 0 Å². The van der Waals surface area contributed by atoms with E-state index in [-0.39, 0.29) is 11.9 Å². The summed E-state index contributed by atoms with van der Waals surface area (Å²) in [5.74, 6) is -0.602. The van der Waals surface area contributed by atoms with E-state index in [1.807, 2.05) is 0 Å². The summed E-state index contributed by atoms with van der Waals surface area (Å²) in [4.78, 5) is 21.5. The van der Waals surface area contributed by atoms with Gasteiger partial charge in [-0.25, -0.2) is 0 Å². The number of esters is 2. The monoisotopic (exact) mass is 158 g/mol. The number of ether oxygens (including phenoxy) is 2. The van der Waals surface area contributed by atoms with Crippen LogP contribution in [-0.2, 0) is 19.1 Å². The molecule has 1 fully saturated rings. The van der Waals surface area contributed by atoms with Crippen LogP contribution in [-0.4, -0.2) is 18.2 Å². The van der Waals surface area contributed by atoms with Crippen LogP contribution in [0.1, 0.15) is 26.2 Å². The molecular formula is C7H10O4. The topological polar surface area (TPSA) is 52.6 Å². The van der Waals surface area contributed by atoms with Crippen LogP contribution < -0.4 is 0 Å². The van der Waals surface area contributed by atoms with Crippen LogP contribution in [0.4, 0.5) is 0 Å². The highest BCUT2D eigenvalue weighted by atomic mass is 16.7. The van der Waals surface area contributed by atoms with Crippen molar-refractivity contribution in [1.82, 2.24) is 0 Å². The second-order valence-electron chi connectivity index (χ2n) is 2.40. The van der Waals surface area contributed by atoms with Crippen molar-refractivity contribution in [2.24, 2.45) is 0 Å². The lowest BCUT2D eigenvalue weighted by molar-refractivity contribution is -0.187. The first-order valence-electron chi connectivity index (χ1n) is 3.57. The fourth-order valence-electron chi connectivity index (χ4n) is 0.889. The van der Waals surface area contributed by atoms with Crippen LogP contribution in [0.2, 0.25) is 0 Å². The van der Waals surface area contributed by atoms with Crippen molar-refractivity contribution >= 4 is 11.9 Å². The third-order valence-electron chi connectivity index (χ3n) is 1.36. The highest BCUT2D eigenvalue weighted by molar-refractivity contribution is 5.74. The summed E-state index contributed by atoms with van der Waals surface area (Å²) in [5.41, 5.74) is 0. The average Bonchev–Trinajstić information content (AvgIpc) is 1.83. The first-order valence-corrected chi connectivity index (χ1v) is 3.57. The zero-order valence-electron chi connectivity index (χ0n) is 6.33. The highest BCUT2D eigenvalue weighted by Crippen LogP contribution is 2.08. The van der Waals surface area contributed by atoms with E-state index in [0.717, 1.165) is 0 Å². The van der Waals surface area contributed by atoms with Crippen molar-refractivity contribution in [2.45, 2.75) is 32.5 Å². The number of hydrogen-bond donors (Lipinski definition) is 0. The zero-order chi connectivity index (χ0) is 8.27. The lowest BCUT2D eigenvalue weighted by Crippen LogP contribution is -2.24. The van der Waals surface area contributed by atoms with Crippen molar-refractivity contribution in [3.63, 3.8) is 0 Å². The molecule has 0 N–H and O–H groups in total. The molecule has 1 heterocycles. The quantitative estimate of drug-likeness (QED) is 0.484. The van der Waals surface area contributed by atoms with Gasteiger partial charge < -0.3 is 9.47 Å². The Morgan fingerprint density at radius 3 is 2.09 bits per heavy atom. The van der Waals surface area contributed by atoms with Crippen LogP contribution in [0.5, 0.6) is 0 Å². The number of hydrogen-bond acceptors (Lipinski definition) is 4. The minimum Gasteiger partial charge on any atom is -0.425 e. The standard InChI is InChI=1S/C7H10O4/c1-5-10-6(8)3-2-4-7(9)11-5/h5H,2-4H2,1H3. The number of carbonyl (C=O) groups excluding carboxylic acids is 2. The Kier molecular flexibility index (Phi) is 2.46. The SMILES string of the molecule is CC1OC(=O)CCCC(=O)O1. The lowest BCUT2D eigenvalue weighted by atomic mass is 10.2. The predicted octanol–water partition coefficient (Wildman–Crippen LogP) is 0.603. The van der Waals surface area contributed by atoms with E-state index in [9.17, 15) is 9.59 Å². The molecule has 0 unspecified atom stereocenters. The molecule has 4 nitrogen and oxygen atoms in total. The summed E-state index contributed by atoms with van der Waals surface area (Å²) in [6.45, 7) is 1.53. The Morgan fingerprint density at radius 1 is 1.18 bits per heavy atom. The second-order valence-corrected chi connectivity index (χ2v) is 2.40. The highest BCUT2D eigenvalue weighted by Gasteiger charge is 2.17. The second kappa shape index (κ2) is 3.37. The van der Waals surface area contributed by atoms with Crippen LogP contribution in [0.3, 0.4) is 0 Å². The van der Waals surface area contributed by atoms with E-state index < -0.39 is 6.29 Å². The molecule has 0 radical (unpaired) electrons. The normalized spacial score (nSPS) is 21.5. The molecule has 62 valence electrons. The van der Waals surface area contributed by atoms with E-state index in [2.05, 4.69) is 9.47 Å². The Labute approximate surface area is 64.5 Å². The van der Waals surface area contributed by atoms with Crippen molar-refractivity contribution in [2.75, 3.05) is 0 Å². The van der Waals surface area contributed by atoms with Crippen molar-refractivity contribution in [3.05, 3.63) is 0 Å². The molecule has 1 aliphatic rings. The maximum absolute atomic E-state index is 10.7. The molecule has 4 heteroatoms. The first-order chi connectivity index (χ1) is 5.18. The van der Waals surface area contributed by atoms with Gasteiger partial charge in [0.2, 0.25) is 6.29 Å². The summed E-state index contributed by atoms with van der Waals surface area (Å²) in [6.07, 6.45) is 0.402. The first kappa shape index (κ1) is 8.04. The molecule has 1 rings (SSSR count). The summed E-state index contributed by atoms with van der Waals surface area (Å²) < 4.78 is 9.36. The Balaban J connectivity index is 2.47. The molecule has 0 aliphatic carbocycles. The van der Waals surface area contributed by atoms with E-state index in [1.165, 1.54) is 6.92 Å². The van der Waals surface area contributed by atoms with Crippen LogP contribution in [0.25, 0.3) is 0 Å². The molecule has 0 atom stereocenters. The third kappa shape index (κ3) is 2.57. The fraction of sp³-hybridized carbons (Fsp3) is 0.714. The molecule has 0 amide bonds.